The van der Waals surface area contributed by atoms with Crippen molar-refractivity contribution in [3.63, 3.8) is 0 Å². The summed E-state index contributed by atoms with van der Waals surface area (Å²) in [6, 6.07) is 12.3. The second-order valence-corrected chi connectivity index (χ2v) is 6.48. The number of rotatable bonds is 4. The minimum absolute atomic E-state index is 0.150. The summed E-state index contributed by atoms with van der Waals surface area (Å²) < 4.78 is 18.4. The van der Waals surface area contributed by atoms with Crippen LogP contribution in [0, 0.1) is 5.82 Å². The van der Waals surface area contributed by atoms with Crippen LogP contribution in [-0.4, -0.2) is 30.5 Å². The van der Waals surface area contributed by atoms with E-state index in [0.717, 1.165) is 11.3 Å². The fourth-order valence-electron chi connectivity index (χ4n) is 3.41. The SMILES string of the molecule is COc1ccc(CN2CC3=C(C2=O)[C@H](c2ccc(F)cc2)NC(=O)N3)cc1. The molecule has 0 aliphatic carbocycles. The molecule has 0 radical (unpaired) electrons. The lowest BCUT2D eigenvalue weighted by Gasteiger charge is -2.25. The Hall–Kier alpha value is -3.35. The first kappa shape index (κ1) is 17.1. The van der Waals surface area contributed by atoms with E-state index < -0.39 is 6.04 Å². The van der Waals surface area contributed by atoms with Gasteiger partial charge in [0.05, 0.1) is 31.0 Å². The molecular weight excluding hydrogens is 349 g/mol. The van der Waals surface area contributed by atoms with E-state index in [1.165, 1.54) is 12.1 Å². The van der Waals surface area contributed by atoms with Gasteiger partial charge in [-0.25, -0.2) is 9.18 Å². The number of nitrogens with one attached hydrogen (secondary N) is 2. The quantitative estimate of drug-likeness (QED) is 0.872. The smallest absolute Gasteiger partial charge is 0.319 e. The third-order valence-corrected chi connectivity index (χ3v) is 4.76. The molecule has 2 N–H and O–H groups in total. The highest BCUT2D eigenvalue weighted by molar-refractivity contribution is 6.01. The number of halogens is 1. The zero-order valence-electron chi connectivity index (χ0n) is 14.7. The number of nitrogens with zero attached hydrogens (tertiary/aromatic N) is 1. The molecule has 3 amide bonds. The van der Waals surface area contributed by atoms with Gasteiger partial charge in [0, 0.05) is 6.54 Å². The second kappa shape index (κ2) is 6.75. The van der Waals surface area contributed by atoms with Crippen LogP contribution in [-0.2, 0) is 11.3 Å². The molecule has 138 valence electrons. The Morgan fingerprint density at radius 2 is 1.81 bits per heavy atom. The lowest BCUT2D eigenvalue weighted by atomic mass is 9.96. The van der Waals surface area contributed by atoms with Crippen LogP contribution in [0.5, 0.6) is 5.75 Å². The number of carbonyl (C=O) groups is 2. The van der Waals surface area contributed by atoms with E-state index in [2.05, 4.69) is 10.6 Å². The normalized spacial score (nSPS) is 18.9. The predicted molar refractivity (Wildman–Crippen MR) is 96.2 cm³/mol. The first-order valence-electron chi connectivity index (χ1n) is 8.53. The molecule has 0 unspecified atom stereocenters. The average molecular weight is 367 g/mol. The second-order valence-electron chi connectivity index (χ2n) is 6.48. The van der Waals surface area contributed by atoms with Gasteiger partial charge in [0.2, 0.25) is 0 Å². The van der Waals surface area contributed by atoms with E-state index in [1.807, 2.05) is 24.3 Å². The fraction of sp³-hybridized carbons (Fsp3) is 0.200. The summed E-state index contributed by atoms with van der Waals surface area (Å²) >= 11 is 0. The third kappa shape index (κ3) is 3.23. The summed E-state index contributed by atoms with van der Waals surface area (Å²) in [5, 5.41) is 5.49. The summed E-state index contributed by atoms with van der Waals surface area (Å²) in [5.41, 5.74) is 2.71. The number of hydrogen-bond donors (Lipinski definition) is 2. The molecular formula is C20H18FN3O3. The van der Waals surface area contributed by atoms with Gasteiger partial charge in [-0.1, -0.05) is 24.3 Å². The number of benzene rings is 2. The zero-order valence-corrected chi connectivity index (χ0v) is 14.7. The van der Waals surface area contributed by atoms with Crippen LogP contribution in [0.3, 0.4) is 0 Å². The van der Waals surface area contributed by atoms with Crippen LogP contribution in [0.1, 0.15) is 17.2 Å². The maximum Gasteiger partial charge on any atom is 0.319 e. The van der Waals surface area contributed by atoms with Gasteiger partial charge < -0.3 is 20.3 Å². The van der Waals surface area contributed by atoms with Gasteiger partial charge in [0.25, 0.3) is 5.91 Å². The van der Waals surface area contributed by atoms with Crippen molar-refractivity contribution in [3.05, 3.63) is 76.7 Å². The summed E-state index contributed by atoms with van der Waals surface area (Å²) in [6.07, 6.45) is 0. The molecule has 2 aromatic rings. The van der Waals surface area contributed by atoms with Crippen molar-refractivity contribution in [1.29, 1.82) is 0 Å². The Kier molecular flexibility index (Phi) is 4.27. The molecule has 2 heterocycles. The molecule has 0 spiro atoms. The molecule has 27 heavy (non-hydrogen) atoms. The monoisotopic (exact) mass is 367 g/mol. The molecule has 4 rings (SSSR count). The highest BCUT2D eigenvalue weighted by Gasteiger charge is 2.40. The molecule has 2 aromatic carbocycles. The van der Waals surface area contributed by atoms with Crippen LogP contribution in [0.25, 0.3) is 0 Å². The van der Waals surface area contributed by atoms with Crippen molar-refractivity contribution >= 4 is 11.9 Å². The maximum absolute atomic E-state index is 13.2. The largest absolute Gasteiger partial charge is 0.497 e. The molecule has 2 aliphatic heterocycles. The summed E-state index contributed by atoms with van der Waals surface area (Å²) in [4.78, 5) is 26.7. The zero-order chi connectivity index (χ0) is 19.0. The van der Waals surface area contributed by atoms with Crippen LogP contribution in [0.2, 0.25) is 0 Å². The minimum atomic E-state index is -0.595. The summed E-state index contributed by atoms with van der Waals surface area (Å²) in [6.45, 7) is 0.743. The minimum Gasteiger partial charge on any atom is -0.497 e. The van der Waals surface area contributed by atoms with Gasteiger partial charge in [0.15, 0.2) is 0 Å². The lowest BCUT2D eigenvalue weighted by molar-refractivity contribution is -0.126. The Morgan fingerprint density at radius 1 is 1.11 bits per heavy atom. The van der Waals surface area contributed by atoms with Crippen LogP contribution in [0.4, 0.5) is 9.18 Å². The number of urea groups is 1. The van der Waals surface area contributed by atoms with Crippen molar-refractivity contribution in [1.82, 2.24) is 15.5 Å². The topological polar surface area (TPSA) is 70.7 Å². The standard InChI is InChI=1S/C20H18FN3O3/c1-27-15-8-2-12(3-9-15)10-24-11-16-17(19(24)25)18(23-20(26)22-16)13-4-6-14(21)7-5-13/h2-9,18H,10-11H2,1H3,(H2,22,23,26)/t18-/m0/s1. The average Bonchev–Trinajstić information content (AvgIpc) is 2.97. The van der Waals surface area contributed by atoms with Gasteiger partial charge in [-0.2, -0.15) is 0 Å². The van der Waals surface area contributed by atoms with E-state index in [-0.39, 0.29) is 17.8 Å². The maximum atomic E-state index is 13.2. The lowest BCUT2D eigenvalue weighted by Crippen LogP contribution is -2.44. The Bertz CT molecular complexity index is 922. The first-order chi connectivity index (χ1) is 13.0. The molecule has 0 aromatic heterocycles. The van der Waals surface area contributed by atoms with E-state index in [4.69, 9.17) is 4.74 Å². The molecule has 0 saturated carbocycles. The predicted octanol–water partition coefficient (Wildman–Crippen LogP) is 2.48. The van der Waals surface area contributed by atoms with E-state index >= 15 is 0 Å². The number of methoxy groups -OCH3 is 1. The molecule has 0 saturated heterocycles. The highest BCUT2D eigenvalue weighted by atomic mass is 19.1. The Morgan fingerprint density at radius 3 is 2.48 bits per heavy atom. The van der Waals surface area contributed by atoms with Crippen LogP contribution < -0.4 is 15.4 Å². The van der Waals surface area contributed by atoms with Gasteiger partial charge in [-0.3, -0.25) is 4.79 Å². The van der Waals surface area contributed by atoms with Crippen molar-refractivity contribution in [3.8, 4) is 5.75 Å². The molecule has 2 aliphatic rings. The van der Waals surface area contributed by atoms with Gasteiger partial charge in [-0.05, 0) is 35.4 Å². The van der Waals surface area contributed by atoms with Crippen LogP contribution in [0.15, 0.2) is 59.8 Å². The summed E-state index contributed by atoms with van der Waals surface area (Å²) in [7, 11) is 1.60. The molecule has 0 fully saturated rings. The van der Waals surface area contributed by atoms with E-state index in [1.54, 1.807) is 24.1 Å². The molecule has 0 bridgehead atoms. The van der Waals surface area contributed by atoms with Crippen LogP contribution >= 0.6 is 0 Å². The molecule has 1 atom stereocenters. The third-order valence-electron chi connectivity index (χ3n) is 4.76. The number of hydrogen-bond acceptors (Lipinski definition) is 3. The molecule has 6 nitrogen and oxygen atoms in total. The molecule has 7 heteroatoms. The van der Waals surface area contributed by atoms with Gasteiger partial charge >= 0.3 is 6.03 Å². The van der Waals surface area contributed by atoms with Crippen molar-refractivity contribution in [2.24, 2.45) is 0 Å². The summed E-state index contributed by atoms with van der Waals surface area (Å²) in [5.74, 6) is 0.228. The number of amides is 3. The van der Waals surface area contributed by atoms with Gasteiger partial charge in [0.1, 0.15) is 11.6 Å². The fourth-order valence-corrected chi connectivity index (χ4v) is 3.41. The highest BCUT2D eigenvalue weighted by Crippen LogP contribution is 2.33. The van der Waals surface area contributed by atoms with Gasteiger partial charge in [-0.15, -0.1) is 0 Å². The Balaban J connectivity index is 1.58. The van der Waals surface area contributed by atoms with E-state index in [0.29, 0.717) is 29.9 Å². The Labute approximate surface area is 155 Å². The van der Waals surface area contributed by atoms with Crippen molar-refractivity contribution < 1.29 is 18.7 Å². The van der Waals surface area contributed by atoms with E-state index in [9.17, 15) is 14.0 Å². The van der Waals surface area contributed by atoms with Crippen molar-refractivity contribution in [2.45, 2.75) is 12.6 Å². The number of ether oxygens (including phenoxy) is 1. The van der Waals surface area contributed by atoms with Crippen molar-refractivity contribution in [2.75, 3.05) is 13.7 Å². The first-order valence-corrected chi connectivity index (χ1v) is 8.53. The number of carbonyl (C=O) groups excluding carboxylic acids is 2.